The number of nitrogens with one attached hydrogen (secondary N) is 1. The fourth-order valence-electron chi connectivity index (χ4n) is 6.76. The van der Waals surface area contributed by atoms with E-state index in [4.69, 9.17) is 14.0 Å². The molecule has 2 saturated heterocycles. The zero-order chi connectivity index (χ0) is 24.3. The van der Waals surface area contributed by atoms with Crippen molar-refractivity contribution in [1.29, 1.82) is 0 Å². The van der Waals surface area contributed by atoms with Gasteiger partial charge in [0.1, 0.15) is 11.6 Å². The zero-order valence-electron chi connectivity index (χ0n) is 21.8. The van der Waals surface area contributed by atoms with Crippen molar-refractivity contribution in [2.45, 2.75) is 117 Å². The molecule has 33 heavy (non-hydrogen) atoms. The van der Waals surface area contributed by atoms with Gasteiger partial charge in [0.2, 0.25) is 5.91 Å². The van der Waals surface area contributed by atoms with E-state index in [1.165, 1.54) is 6.42 Å². The van der Waals surface area contributed by atoms with Gasteiger partial charge in [-0.1, -0.05) is 27.7 Å². The van der Waals surface area contributed by atoms with Crippen molar-refractivity contribution in [3.8, 4) is 0 Å². The molecule has 2 aliphatic heterocycles. The molecule has 0 aromatic carbocycles. The van der Waals surface area contributed by atoms with Crippen LogP contribution in [0.5, 0.6) is 0 Å². The summed E-state index contributed by atoms with van der Waals surface area (Å²) < 4.78 is 18.6. The maximum atomic E-state index is 13.7. The number of amides is 2. The molecule has 0 radical (unpaired) electrons. The maximum Gasteiger partial charge on any atom is 0.481 e. The molecule has 0 aromatic heterocycles. The predicted molar refractivity (Wildman–Crippen MR) is 127 cm³/mol. The average Bonchev–Trinajstić information content (AvgIpc) is 3.27. The van der Waals surface area contributed by atoms with Crippen LogP contribution in [0.25, 0.3) is 0 Å². The first-order valence-electron chi connectivity index (χ1n) is 12.9. The van der Waals surface area contributed by atoms with Crippen LogP contribution < -0.4 is 5.32 Å². The number of ether oxygens (including phenoxy) is 1. The van der Waals surface area contributed by atoms with E-state index in [0.29, 0.717) is 24.8 Å². The maximum absolute atomic E-state index is 13.7. The Morgan fingerprint density at radius 2 is 1.91 bits per heavy atom. The quantitative estimate of drug-likeness (QED) is 0.621. The second kappa shape index (κ2) is 8.44. The Balaban J connectivity index is 1.46. The number of likely N-dealkylation sites (tertiary alicyclic amines) is 1. The Labute approximate surface area is 199 Å². The van der Waals surface area contributed by atoms with Crippen LogP contribution in [0.15, 0.2) is 0 Å². The van der Waals surface area contributed by atoms with E-state index in [0.717, 1.165) is 19.3 Å². The minimum absolute atomic E-state index is 0.0612. The number of alkyl carbamates (subject to hydrolysis) is 1. The van der Waals surface area contributed by atoms with Crippen molar-refractivity contribution < 1.29 is 23.6 Å². The van der Waals surface area contributed by atoms with Gasteiger partial charge in [0.05, 0.1) is 17.6 Å². The van der Waals surface area contributed by atoms with Gasteiger partial charge in [-0.3, -0.25) is 4.79 Å². The highest BCUT2D eigenvalue weighted by atomic mass is 16.7. The number of carbonyl (C=O) groups is 2. The second-order valence-corrected chi connectivity index (χ2v) is 12.9. The number of rotatable bonds is 5. The van der Waals surface area contributed by atoms with E-state index < -0.39 is 24.9 Å². The fourth-order valence-corrected chi connectivity index (χ4v) is 6.76. The molecule has 2 bridgehead atoms. The lowest BCUT2D eigenvalue weighted by Crippen LogP contribution is -2.65. The average molecular weight is 462 g/mol. The second-order valence-electron chi connectivity index (χ2n) is 12.9. The lowest BCUT2D eigenvalue weighted by atomic mass is 9.43. The summed E-state index contributed by atoms with van der Waals surface area (Å²) in [5.74, 6) is 1.26. The van der Waals surface area contributed by atoms with Crippen molar-refractivity contribution in [2.75, 3.05) is 6.54 Å². The Bertz CT molecular complexity index is 781. The summed E-state index contributed by atoms with van der Waals surface area (Å²) in [5.41, 5.74) is -0.613. The number of hydrogen-bond acceptors (Lipinski definition) is 5. The van der Waals surface area contributed by atoms with Crippen LogP contribution in [-0.2, 0) is 18.8 Å². The van der Waals surface area contributed by atoms with Crippen LogP contribution in [0.3, 0.4) is 0 Å². The summed E-state index contributed by atoms with van der Waals surface area (Å²) in [4.78, 5) is 28.0. The number of nitrogens with zero attached hydrogens (tertiary/aromatic N) is 1. The Hall–Kier alpha value is -1.28. The van der Waals surface area contributed by atoms with Crippen LogP contribution >= 0.6 is 0 Å². The van der Waals surface area contributed by atoms with Crippen LogP contribution in [-0.4, -0.2) is 59.9 Å². The standard InChI is InChI=1S/C25H43BN2O5/c1-15(2)12-17(27-22(30)31-23(3,4)5)21(29)28-11-9-10-20(28)26-32-19-14-16-13-18(24(16,6)7)25(19,8)33-26/h15-20H,9-14H2,1-8H3,(H,27,30)/t16-,17-,18-,19+,20-,25-/m0/s1. The van der Waals surface area contributed by atoms with Crippen LogP contribution in [0.2, 0.25) is 0 Å². The molecular weight excluding hydrogens is 419 g/mol. The molecule has 6 atom stereocenters. The molecule has 186 valence electrons. The Morgan fingerprint density at radius 3 is 2.52 bits per heavy atom. The lowest BCUT2D eigenvalue weighted by molar-refractivity contribution is -0.199. The van der Waals surface area contributed by atoms with Gasteiger partial charge in [0.25, 0.3) is 0 Å². The topological polar surface area (TPSA) is 77.1 Å². The van der Waals surface area contributed by atoms with Gasteiger partial charge in [-0.25, -0.2) is 4.79 Å². The highest BCUT2D eigenvalue weighted by Crippen LogP contribution is 2.65. The van der Waals surface area contributed by atoms with Crippen molar-refractivity contribution in [1.82, 2.24) is 10.2 Å². The summed E-state index contributed by atoms with van der Waals surface area (Å²) in [6.07, 6.45) is 4.13. The third kappa shape index (κ3) is 4.54. The molecule has 1 N–H and O–H groups in total. The van der Waals surface area contributed by atoms with Crippen molar-refractivity contribution in [3.63, 3.8) is 0 Å². The van der Waals surface area contributed by atoms with Gasteiger partial charge >= 0.3 is 13.2 Å². The molecule has 0 unspecified atom stereocenters. The monoisotopic (exact) mass is 462 g/mol. The first-order valence-corrected chi connectivity index (χ1v) is 12.9. The van der Waals surface area contributed by atoms with E-state index in [1.807, 2.05) is 25.7 Å². The lowest BCUT2D eigenvalue weighted by Gasteiger charge is -2.64. The highest BCUT2D eigenvalue weighted by Gasteiger charge is 2.69. The molecule has 8 heteroatoms. The third-order valence-corrected chi connectivity index (χ3v) is 8.56. The summed E-state index contributed by atoms with van der Waals surface area (Å²) in [7, 11) is -0.400. The molecule has 0 aromatic rings. The summed E-state index contributed by atoms with van der Waals surface area (Å²) in [6.45, 7) is 17.2. The van der Waals surface area contributed by atoms with E-state index in [2.05, 4.69) is 39.9 Å². The van der Waals surface area contributed by atoms with Gasteiger partial charge in [-0.15, -0.1) is 0 Å². The van der Waals surface area contributed by atoms with Crippen LogP contribution in [0, 0.1) is 23.2 Å². The van der Waals surface area contributed by atoms with E-state index in [9.17, 15) is 9.59 Å². The number of hydrogen-bond donors (Lipinski definition) is 1. The fraction of sp³-hybridized carbons (Fsp3) is 0.920. The summed E-state index contributed by atoms with van der Waals surface area (Å²) in [6, 6.07) is -0.619. The zero-order valence-corrected chi connectivity index (χ0v) is 21.8. The molecule has 0 spiro atoms. The van der Waals surface area contributed by atoms with Crippen molar-refractivity contribution in [3.05, 3.63) is 0 Å². The molecule has 5 fully saturated rings. The van der Waals surface area contributed by atoms with Crippen molar-refractivity contribution >= 4 is 19.1 Å². The van der Waals surface area contributed by atoms with Crippen LogP contribution in [0.4, 0.5) is 4.79 Å². The molecule has 7 nitrogen and oxygen atoms in total. The molecule has 3 aliphatic carbocycles. The van der Waals surface area contributed by atoms with E-state index in [1.54, 1.807) is 0 Å². The molecule has 5 aliphatic rings. The molecular formula is C25H43BN2O5. The van der Waals surface area contributed by atoms with E-state index in [-0.39, 0.29) is 34.9 Å². The summed E-state index contributed by atoms with van der Waals surface area (Å²) in [5, 5.41) is 2.84. The summed E-state index contributed by atoms with van der Waals surface area (Å²) >= 11 is 0. The minimum Gasteiger partial charge on any atom is -0.444 e. The molecule has 5 rings (SSSR count). The van der Waals surface area contributed by atoms with Crippen molar-refractivity contribution in [2.24, 2.45) is 23.2 Å². The third-order valence-electron chi connectivity index (χ3n) is 8.56. The number of carbonyl (C=O) groups excluding carboxylic acids is 2. The Morgan fingerprint density at radius 1 is 1.21 bits per heavy atom. The first kappa shape index (κ1) is 24.8. The first-order chi connectivity index (χ1) is 15.2. The van der Waals surface area contributed by atoms with Gasteiger partial charge < -0.3 is 24.3 Å². The van der Waals surface area contributed by atoms with Gasteiger partial charge in [0, 0.05) is 6.54 Å². The normalized spacial score (nSPS) is 35.8. The molecule has 2 amide bonds. The molecule has 2 heterocycles. The highest BCUT2D eigenvalue weighted by molar-refractivity contribution is 6.48. The van der Waals surface area contributed by atoms with Gasteiger partial charge in [-0.05, 0) is 83.0 Å². The molecule has 3 saturated carbocycles. The van der Waals surface area contributed by atoms with Gasteiger partial charge in [0.15, 0.2) is 0 Å². The predicted octanol–water partition coefficient (Wildman–Crippen LogP) is 4.18. The van der Waals surface area contributed by atoms with E-state index >= 15 is 0 Å². The van der Waals surface area contributed by atoms with Crippen LogP contribution in [0.1, 0.15) is 87.5 Å². The largest absolute Gasteiger partial charge is 0.481 e. The minimum atomic E-state index is -0.619. The Kier molecular flexibility index (Phi) is 6.35. The smallest absolute Gasteiger partial charge is 0.444 e. The van der Waals surface area contributed by atoms with Gasteiger partial charge in [-0.2, -0.15) is 0 Å². The SMILES string of the molecule is CC(C)C[C@H](NC(=O)OC(C)(C)C)C(=O)N1CCC[C@H]1B1O[C@@H]2C[C@@H]3C[C@@H](C3(C)C)[C@]2(C)O1.